The number of ether oxygens (including phenoxy) is 3. The minimum atomic E-state index is -0.568. The molecule has 0 radical (unpaired) electrons. The van der Waals surface area contributed by atoms with Crippen molar-refractivity contribution in [3.63, 3.8) is 0 Å². The van der Waals surface area contributed by atoms with Crippen LogP contribution in [0, 0.1) is 0 Å². The normalized spacial score (nSPS) is 14.7. The van der Waals surface area contributed by atoms with Gasteiger partial charge in [0.2, 0.25) is 5.96 Å². The van der Waals surface area contributed by atoms with Gasteiger partial charge in [0.05, 0.1) is 13.2 Å². The number of nitrogens with zero attached hydrogens (tertiary/aromatic N) is 1. The van der Waals surface area contributed by atoms with Gasteiger partial charge in [0, 0.05) is 17.8 Å². The van der Waals surface area contributed by atoms with E-state index >= 15 is 0 Å². The number of rotatable bonds is 10. The van der Waals surface area contributed by atoms with Gasteiger partial charge in [-0.2, -0.15) is 0 Å². The second-order valence-electron chi connectivity index (χ2n) is 6.48. The highest BCUT2D eigenvalue weighted by Gasteiger charge is 2.18. The average Bonchev–Trinajstić information content (AvgIpc) is 3.24. The first-order chi connectivity index (χ1) is 13.7. The smallest absolute Gasteiger partial charge is 0.414 e. The van der Waals surface area contributed by atoms with Crippen molar-refractivity contribution in [1.82, 2.24) is 5.32 Å². The first kappa shape index (κ1) is 21.9. The molecular weight excluding hydrogens is 358 g/mol. The molecule has 1 aliphatic rings. The second-order valence-corrected chi connectivity index (χ2v) is 6.48. The van der Waals surface area contributed by atoms with E-state index in [-0.39, 0.29) is 12.9 Å². The van der Waals surface area contributed by atoms with Crippen LogP contribution in [-0.2, 0) is 14.2 Å². The number of guanidine groups is 1. The number of hydrogen-bond donors (Lipinski definition) is 2. The summed E-state index contributed by atoms with van der Waals surface area (Å²) in [6.45, 7) is 7.72. The minimum absolute atomic E-state index is 0.145. The molecule has 0 aliphatic carbocycles. The molecule has 0 saturated carbocycles. The Balaban J connectivity index is 1.92. The number of hydrogen-bond acceptors (Lipinski definition) is 5. The van der Waals surface area contributed by atoms with E-state index in [1.54, 1.807) is 0 Å². The van der Waals surface area contributed by atoms with Crippen LogP contribution >= 0.6 is 0 Å². The summed E-state index contributed by atoms with van der Waals surface area (Å²) in [4.78, 5) is 16.4. The highest BCUT2D eigenvalue weighted by atomic mass is 16.7. The van der Waals surface area contributed by atoms with Crippen molar-refractivity contribution in [3.8, 4) is 0 Å². The average molecular weight is 389 g/mol. The van der Waals surface area contributed by atoms with Gasteiger partial charge in [-0.3, -0.25) is 10.3 Å². The number of benzene rings is 1. The zero-order chi connectivity index (χ0) is 20.0. The molecule has 1 heterocycles. The number of carbonyl (C=O) groups excluding carboxylic acids is 1. The molecule has 0 bridgehead atoms. The van der Waals surface area contributed by atoms with Gasteiger partial charge in [-0.05, 0) is 18.6 Å². The number of aliphatic imine (C=N–C) groups is 1. The van der Waals surface area contributed by atoms with Gasteiger partial charge in [-0.15, -0.1) is 0 Å². The van der Waals surface area contributed by atoms with Gasteiger partial charge in [0.15, 0.2) is 6.29 Å². The Labute approximate surface area is 167 Å². The van der Waals surface area contributed by atoms with Crippen LogP contribution in [0.25, 0.3) is 0 Å². The van der Waals surface area contributed by atoms with E-state index in [9.17, 15) is 4.79 Å². The lowest BCUT2D eigenvalue weighted by molar-refractivity contribution is -0.0441. The minimum Gasteiger partial charge on any atom is -0.445 e. The Morgan fingerprint density at radius 3 is 2.61 bits per heavy atom. The quantitative estimate of drug-likeness (QED) is 0.269. The monoisotopic (exact) mass is 389 g/mol. The van der Waals surface area contributed by atoms with Gasteiger partial charge in [-0.25, -0.2) is 4.79 Å². The first-order valence-corrected chi connectivity index (χ1v) is 9.92. The molecule has 1 amide bonds. The van der Waals surface area contributed by atoms with Gasteiger partial charge >= 0.3 is 6.09 Å². The van der Waals surface area contributed by atoms with Crippen LogP contribution < -0.4 is 10.6 Å². The number of unbranched alkanes of at least 4 members (excludes halogenated alkanes) is 4. The largest absolute Gasteiger partial charge is 0.445 e. The van der Waals surface area contributed by atoms with E-state index in [0.717, 1.165) is 24.1 Å². The summed E-state index contributed by atoms with van der Waals surface area (Å²) in [5.74, 6) is 0.366. The fourth-order valence-corrected chi connectivity index (χ4v) is 2.70. The summed E-state index contributed by atoms with van der Waals surface area (Å²) in [6.07, 6.45) is 6.39. The van der Waals surface area contributed by atoms with Crippen LogP contribution in [0.5, 0.6) is 0 Å². The summed E-state index contributed by atoms with van der Waals surface area (Å²) >= 11 is 0. The molecule has 7 heteroatoms. The number of amides is 1. The molecule has 0 aromatic heterocycles. The molecule has 1 fully saturated rings. The van der Waals surface area contributed by atoms with Crippen molar-refractivity contribution in [2.24, 2.45) is 4.99 Å². The predicted molar refractivity (Wildman–Crippen MR) is 110 cm³/mol. The van der Waals surface area contributed by atoms with Crippen LogP contribution in [0.1, 0.15) is 50.9 Å². The highest BCUT2D eigenvalue weighted by Crippen LogP contribution is 2.24. The number of anilines is 1. The first-order valence-electron chi connectivity index (χ1n) is 9.92. The third kappa shape index (κ3) is 8.10. The summed E-state index contributed by atoms with van der Waals surface area (Å²) in [7, 11) is 0. The lowest BCUT2D eigenvalue weighted by Crippen LogP contribution is -2.36. The Morgan fingerprint density at radius 1 is 1.21 bits per heavy atom. The van der Waals surface area contributed by atoms with E-state index in [1.807, 2.05) is 24.3 Å². The van der Waals surface area contributed by atoms with E-state index in [2.05, 4.69) is 29.1 Å². The van der Waals surface area contributed by atoms with E-state index in [1.165, 1.54) is 25.3 Å². The third-order valence-corrected chi connectivity index (χ3v) is 4.15. The Bertz CT molecular complexity index is 625. The summed E-state index contributed by atoms with van der Waals surface area (Å²) < 4.78 is 16.0. The van der Waals surface area contributed by atoms with Crippen LogP contribution in [0.3, 0.4) is 0 Å². The third-order valence-electron chi connectivity index (χ3n) is 4.15. The standard InChI is InChI=1S/C21H31N3O4/c1-3-5-6-7-8-13-22-20(24-21(25)28-14-4-2)23-18-11-9-17(10-12-18)19-26-15-16-27-19/h4,9-12,19H,2-3,5-8,13-16H2,1H3,(H2,22,23,24,25). The zero-order valence-electron chi connectivity index (χ0n) is 16.6. The van der Waals surface area contributed by atoms with Crippen LogP contribution in [0.15, 0.2) is 41.9 Å². The molecule has 7 nitrogen and oxygen atoms in total. The Hall–Kier alpha value is -2.38. The molecule has 1 aliphatic heterocycles. The van der Waals surface area contributed by atoms with Crippen molar-refractivity contribution in [2.45, 2.75) is 45.3 Å². The maximum absolute atomic E-state index is 11.9. The van der Waals surface area contributed by atoms with Crippen LogP contribution in [0.4, 0.5) is 10.5 Å². The van der Waals surface area contributed by atoms with Crippen LogP contribution in [-0.4, -0.2) is 38.4 Å². The van der Waals surface area contributed by atoms with Gasteiger partial charge in [-0.1, -0.05) is 57.4 Å². The predicted octanol–water partition coefficient (Wildman–Crippen LogP) is 4.38. The van der Waals surface area contributed by atoms with E-state index in [0.29, 0.717) is 25.7 Å². The molecular formula is C21H31N3O4. The van der Waals surface area contributed by atoms with Crippen molar-refractivity contribution < 1.29 is 19.0 Å². The molecule has 1 aromatic carbocycles. The van der Waals surface area contributed by atoms with Crippen molar-refractivity contribution >= 4 is 17.7 Å². The maximum Gasteiger partial charge on any atom is 0.414 e. The molecule has 2 N–H and O–H groups in total. The molecule has 154 valence electrons. The van der Waals surface area contributed by atoms with Gasteiger partial charge < -0.3 is 19.5 Å². The lowest BCUT2D eigenvalue weighted by Gasteiger charge is -2.13. The van der Waals surface area contributed by atoms with Crippen molar-refractivity contribution in [3.05, 3.63) is 42.5 Å². The molecule has 0 unspecified atom stereocenters. The molecule has 0 atom stereocenters. The number of nitrogens with one attached hydrogen (secondary N) is 2. The fourth-order valence-electron chi connectivity index (χ4n) is 2.70. The number of carbonyl (C=O) groups is 1. The van der Waals surface area contributed by atoms with Gasteiger partial charge in [0.1, 0.15) is 6.61 Å². The Kier molecular flexibility index (Phi) is 10.1. The zero-order valence-corrected chi connectivity index (χ0v) is 16.6. The summed E-state index contributed by atoms with van der Waals surface area (Å²) in [5.41, 5.74) is 1.76. The molecule has 1 saturated heterocycles. The van der Waals surface area contributed by atoms with E-state index < -0.39 is 6.09 Å². The van der Waals surface area contributed by atoms with Gasteiger partial charge in [0.25, 0.3) is 0 Å². The molecule has 1 aromatic rings. The number of alkyl carbamates (subject to hydrolysis) is 1. The molecule has 0 spiro atoms. The summed E-state index contributed by atoms with van der Waals surface area (Å²) in [6, 6.07) is 7.65. The topological polar surface area (TPSA) is 81.2 Å². The fraction of sp³-hybridized carbons (Fsp3) is 0.524. The molecule has 2 rings (SSSR count). The van der Waals surface area contributed by atoms with E-state index in [4.69, 9.17) is 14.2 Å². The lowest BCUT2D eigenvalue weighted by atomic mass is 10.2. The SMILES string of the molecule is C=CCOC(=O)N/C(=N\CCCCCCC)Nc1ccc(C2OCCO2)cc1. The van der Waals surface area contributed by atoms with Crippen molar-refractivity contribution in [2.75, 3.05) is 31.7 Å². The Morgan fingerprint density at radius 2 is 1.93 bits per heavy atom. The maximum atomic E-state index is 11.9. The highest BCUT2D eigenvalue weighted by molar-refractivity contribution is 6.02. The summed E-state index contributed by atoms with van der Waals surface area (Å²) in [5, 5.41) is 5.79. The second kappa shape index (κ2) is 12.9. The molecule has 28 heavy (non-hydrogen) atoms. The van der Waals surface area contributed by atoms with Crippen LogP contribution in [0.2, 0.25) is 0 Å². The van der Waals surface area contributed by atoms with Crippen molar-refractivity contribution in [1.29, 1.82) is 0 Å².